The van der Waals surface area contributed by atoms with Crippen molar-refractivity contribution in [1.82, 2.24) is 0 Å². The Kier molecular flexibility index (Phi) is 8.97. The highest BCUT2D eigenvalue weighted by atomic mass is 14.4. The maximum atomic E-state index is 3.82. The second kappa shape index (κ2) is 12.2. The van der Waals surface area contributed by atoms with Gasteiger partial charge in [0.05, 0.1) is 0 Å². The summed E-state index contributed by atoms with van der Waals surface area (Å²) in [5.41, 5.74) is 4.10. The molecular weight excluding hydrogens is 360 g/mol. The molecular formula is C30H36. The summed E-state index contributed by atoms with van der Waals surface area (Å²) in [5, 5.41) is 0. The average Bonchev–Trinajstić information content (AvgIpc) is 2.82. The van der Waals surface area contributed by atoms with E-state index < -0.39 is 0 Å². The molecule has 0 heteroatoms. The molecule has 0 aliphatic carbocycles. The molecule has 0 N–H and O–H groups in total. The first-order valence-electron chi connectivity index (χ1n) is 11.7. The number of rotatable bonds is 13. The molecule has 0 saturated carbocycles. The van der Waals surface area contributed by atoms with Crippen LogP contribution in [-0.2, 0) is 5.41 Å². The van der Waals surface area contributed by atoms with Gasteiger partial charge < -0.3 is 0 Å². The Labute approximate surface area is 183 Å². The molecule has 0 saturated heterocycles. The molecule has 3 rings (SSSR count). The molecule has 156 valence electrons. The van der Waals surface area contributed by atoms with E-state index in [-0.39, 0.29) is 5.41 Å². The van der Waals surface area contributed by atoms with E-state index in [0.29, 0.717) is 0 Å². The fourth-order valence-electron chi connectivity index (χ4n) is 4.66. The minimum atomic E-state index is -0.0895. The summed E-state index contributed by atoms with van der Waals surface area (Å²) in [6.07, 6.45) is 13.6. The quantitative estimate of drug-likeness (QED) is 0.154. The number of unbranched alkanes of at least 4 members (excludes halogenated alkanes) is 7. The number of hydrogen-bond donors (Lipinski definition) is 0. The van der Waals surface area contributed by atoms with Gasteiger partial charge in [-0.25, -0.2) is 0 Å². The van der Waals surface area contributed by atoms with Gasteiger partial charge in [0.1, 0.15) is 0 Å². The summed E-state index contributed by atoms with van der Waals surface area (Å²) in [7, 11) is 0. The summed E-state index contributed by atoms with van der Waals surface area (Å²) in [6, 6.07) is 33.3. The lowest BCUT2D eigenvalue weighted by atomic mass is 9.66. The fourth-order valence-corrected chi connectivity index (χ4v) is 4.66. The highest BCUT2D eigenvalue weighted by Crippen LogP contribution is 2.43. The third kappa shape index (κ3) is 5.72. The Morgan fingerprint density at radius 3 is 1.27 bits per heavy atom. The molecule has 0 aromatic heterocycles. The molecule has 0 unspecified atom stereocenters. The molecule has 0 heterocycles. The highest BCUT2D eigenvalue weighted by molar-refractivity contribution is 5.50. The van der Waals surface area contributed by atoms with E-state index in [9.17, 15) is 0 Å². The average molecular weight is 397 g/mol. The molecule has 0 amide bonds. The lowest BCUT2D eigenvalue weighted by Gasteiger charge is -2.36. The van der Waals surface area contributed by atoms with Crippen molar-refractivity contribution in [3.63, 3.8) is 0 Å². The Bertz CT molecular complexity index is 736. The maximum Gasteiger partial charge on any atom is 0.0451 e. The summed E-state index contributed by atoms with van der Waals surface area (Å²) in [5.74, 6) is 0. The molecule has 0 fully saturated rings. The number of hydrogen-bond acceptors (Lipinski definition) is 0. The molecule has 3 aromatic rings. The van der Waals surface area contributed by atoms with Crippen LogP contribution in [0, 0.1) is 0 Å². The fraction of sp³-hybridized carbons (Fsp3) is 0.333. The van der Waals surface area contributed by atoms with Gasteiger partial charge in [-0.2, -0.15) is 0 Å². The van der Waals surface area contributed by atoms with Gasteiger partial charge in [0.2, 0.25) is 0 Å². The Balaban J connectivity index is 1.77. The van der Waals surface area contributed by atoms with E-state index in [1.54, 1.807) is 0 Å². The van der Waals surface area contributed by atoms with Crippen LogP contribution >= 0.6 is 0 Å². The van der Waals surface area contributed by atoms with Crippen molar-refractivity contribution in [2.75, 3.05) is 0 Å². The zero-order valence-electron chi connectivity index (χ0n) is 18.3. The molecule has 0 aliphatic rings. The van der Waals surface area contributed by atoms with Crippen LogP contribution in [0.15, 0.2) is 104 Å². The largest absolute Gasteiger partial charge is 0.103 e. The predicted octanol–water partition coefficient (Wildman–Crippen LogP) is 8.72. The van der Waals surface area contributed by atoms with Crippen molar-refractivity contribution in [3.8, 4) is 0 Å². The summed E-state index contributed by atoms with van der Waals surface area (Å²) in [4.78, 5) is 0. The van der Waals surface area contributed by atoms with Gasteiger partial charge in [0, 0.05) is 5.41 Å². The number of benzene rings is 3. The lowest BCUT2D eigenvalue weighted by molar-refractivity contribution is 0.495. The van der Waals surface area contributed by atoms with Crippen LogP contribution in [0.3, 0.4) is 0 Å². The Morgan fingerprint density at radius 2 is 0.867 bits per heavy atom. The molecule has 0 spiro atoms. The van der Waals surface area contributed by atoms with E-state index in [0.717, 1.165) is 12.8 Å². The van der Waals surface area contributed by atoms with Gasteiger partial charge in [-0.1, -0.05) is 136 Å². The molecule has 0 atom stereocenters. The standard InChI is InChI=1S/C30H36/c1-2-3-4-5-6-7-8-9-19-26-30(27-20-13-10-14-21-27,28-22-15-11-16-23-28)29-24-17-12-18-25-29/h2,10-18,20-25H,1,3-9,19,26H2. The van der Waals surface area contributed by atoms with E-state index in [4.69, 9.17) is 0 Å². The van der Waals surface area contributed by atoms with Crippen LogP contribution in [0.5, 0.6) is 0 Å². The maximum absolute atomic E-state index is 3.82. The molecule has 0 aliphatic heterocycles. The first kappa shape index (κ1) is 22.1. The van der Waals surface area contributed by atoms with Crippen molar-refractivity contribution in [3.05, 3.63) is 120 Å². The topological polar surface area (TPSA) is 0 Å². The first-order valence-corrected chi connectivity index (χ1v) is 11.7. The van der Waals surface area contributed by atoms with Gasteiger partial charge >= 0.3 is 0 Å². The van der Waals surface area contributed by atoms with Crippen LogP contribution in [0.4, 0.5) is 0 Å². The van der Waals surface area contributed by atoms with Crippen molar-refractivity contribution in [2.24, 2.45) is 0 Å². The SMILES string of the molecule is C=CCCCCCCCCCC(c1ccccc1)(c1ccccc1)c1ccccc1. The predicted molar refractivity (Wildman–Crippen MR) is 131 cm³/mol. The van der Waals surface area contributed by atoms with Crippen LogP contribution in [0.25, 0.3) is 0 Å². The summed E-state index contributed by atoms with van der Waals surface area (Å²) in [6.45, 7) is 3.82. The van der Waals surface area contributed by atoms with E-state index in [2.05, 4.69) is 97.6 Å². The van der Waals surface area contributed by atoms with Gasteiger partial charge in [-0.3, -0.25) is 0 Å². The first-order chi connectivity index (χ1) is 14.9. The smallest absolute Gasteiger partial charge is 0.0451 e. The van der Waals surface area contributed by atoms with E-state index in [1.807, 2.05) is 6.08 Å². The zero-order chi connectivity index (χ0) is 20.9. The van der Waals surface area contributed by atoms with E-state index in [1.165, 1.54) is 61.6 Å². The zero-order valence-corrected chi connectivity index (χ0v) is 18.3. The van der Waals surface area contributed by atoms with Crippen LogP contribution in [-0.4, -0.2) is 0 Å². The van der Waals surface area contributed by atoms with Crippen LogP contribution in [0.2, 0.25) is 0 Å². The van der Waals surface area contributed by atoms with Crippen molar-refractivity contribution >= 4 is 0 Å². The third-order valence-corrected chi connectivity index (χ3v) is 6.26. The highest BCUT2D eigenvalue weighted by Gasteiger charge is 2.35. The molecule has 3 aromatic carbocycles. The molecule has 0 bridgehead atoms. The van der Waals surface area contributed by atoms with Crippen molar-refractivity contribution < 1.29 is 0 Å². The molecule has 30 heavy (non-hydrogen) atoms. The lowest BCUT2D eigenvalue weighted by Crippen LogP contribution is -2.29. The van der Waals surface area contributed by atoms with Crippen molar-refractivity contribution in [2.45, 2.75) is 63.2 Å². The Hall–Kier alpha value is -2.60. The van der Waals surface area contributed by atoms with Crippen LogP contribution in [0.1, 0.15) is 74.5 Å². The number of allylic oxidation sites excluding steroid dienone is 1. The molecule has 0 radical (unpaired) electrons. The third-order valence-electron chi connectivity index (χ3n) is 6.26. The summed E-state index contributed by atoms with van der Waals surface area (Å²) >= 11 is 0. The van der Waals surface area contributed by atoms with Gasteiger partial charge in [0.15, 0.2) is 0 Å². The van der Waals surface area contributed by atoms with Gasteiger partial charge in [-0.05, 0) is 36.0 Å². The van der Waals surface area contributed by atoms with E-state index >= 15 is 0 Å². The van der Waals surface area contributed by atoms with Crippen molar-refractivity contribution in [1.29, 1.82) is 0 Å². The van der Waals surface area contributed by atoms with Gasteiger partial charge in [0.25, 0.3) is 0 Å². The minimum absolute atomic E-state index is 0.0895. The molecule has 0 nitrogen and oxygen atoms in total. The second-order valence-corrected chi connectivity index (χ2v) is 8.31. The Morgan fingerprint density at radius 1 is 0.500 bits per heavy atom. The second-order valence-electron chi connectivity index (χ2n) is 8.31. The van der Waals surface area contributed by atoms with Crippen LogP contribution < -0.4 is 0 Å². The summed E-state index contributed by atoms with van der Waals surface area (Å²) < 4.78 is 0. The minimum Gasteiger partial charge on any atom is -0.103 e. The van der Waals surface area contributed by atoms with Gasteiger partial charge in [-0.15, -0.1) is 6.58 Å². The normalized spacial score (nSPS) is 11.3. The monoisotopic (exact) mass is 396 g/mol.